The van der Waals surface area contributed by atoms with Gasteiger partial charge >= 0.3 is 15.4 Å². The molecule has 4 aliphatic rings. The van der Waals surface area contributed by atoms with Gasteiger partial charge in [0.05, 0.1) is 13.2 Å². The monoisotopic (exact) mass is 1130 g/mol. The topological polar surface area (TPSA) is 127 Å². The van der Waals surface area contributed by atoms with E-state index in [1.807, 2.05) is 6.07 Å². The Hall–Kier alpha value is -5.16. The van der Waals surface area contributed by atoms with Crippen LogP contribution in [0.2, 0.25) is 0 Å². The third-order valence-corrected chi connectivity index (χ3v) is 18.8. The number of phosphoric acid groups is 1. The number of allylic oxidation sites excluding steroid dienone is 14. The second-order valence-corrected chi connectivity index (χ2v) is 26.8. The van der Waals surface area contributed by atoms with Gasteiger partial charge in [-0.25, -0.2) is 4.57 Å². The van der Waals surface area contributed by atoms with Crippen LogP contribution < -0.4 is 9.80 Å². The zero-order valence-electron chi connectivity index (χ0n) is 49.6. The zero-order valence-corrected chi connectivity index (χ0v) is 51.4. The largest absolute Gasteiger partial charge is 0.471 e. The highest BCUT2D eigenvalue weighted by Gasteiger charge is 2.42. The Balaban J connectivity index is 0.000000231. The van der Waals surface area contributed by atoms with Crippen molar-refractivity contribution in [2.24, 2.45) is 0 Å². The fraction of sp³-hybridized carbons (Fsp3) is 0.433. The number of methoxy groups -OCH3 is 2. The van der Waals surface area contributed by atoms with Crippen molar-refractivity contribution >= 4 is 37.9 Å². The summed E-state index contributed by atoms with van der Waals surface area (Å²) in [5.41, 5.74) is 17.8. The first-order chi connectivity index (χ1) is 38.1. The predicted molar refractivity (Wildman–Crippen MR) is 331 cm³/mol. The van der Waals surface area contributed by atoms with E-state index in [0.29, 0.717) is 25.9 Å². The molecule has 80 heavy (non-hydrogen) atoms. The molecule has 2 aliphatic carbocycles. The van der Waals surface area contributed by atoms with Gasteiger partial charge in [0.1, 0.15) is 0 Å². The van der Waals surface area contributed by atoms with E-state index in [0.717, 1.165) is 44.6 Å². The van der Waals surface area contributed by atoms with E-state index in [9.17, 15) is 18.9 Å². The SMILES string of the molecule is CCP(=O)(O)OCCCN1/C(=C/C=C/C2=C(CCCOC)c3ccccc3C2(C)C)C(C)(C)c2ccccc21.COCCCC1=C(/C=C/C=C/C=C2/N(CCCOP(=O)(O)OC)c3ccccc3C2(C)C)C(C)(C)c2ccccc21. The molecule has 0 spiro atoms. The standard InChI is InChI=1S/C34H44NO5P.C33H44NO4P/c1-33(2)28(27(17-14-24-38-5)26-16-10-11-19-29(26)33)18-8-7-9-22-32-34(3,4)30-20-12-13-21-31(30)35(32)23-15-25-40-41(36,37)39-6;1-7-39(35,36)38-24-14-22-34-30-20-11-10-18-29(30)33(4,5)31(34)21-12-19-28-26(16-13-23-37-6)25-15-8-9-17-27(25)32(28,2)3/h7-13,16,18-22H,14-15,17,23-25H2,1-6H3,(H,36,37);8-12,15,17-21H,7,13-14,16,22-24H2,1-6H3,(H,35,36)/b9-7+,18-8+,32-22+;19-12+,31-21+. The molecule has 0 bridgehead atoms. The number of nitrogens with zero attached hydrogens (tertiary/aromatic N) is 2. The summed E-state index contributed by atoms with van der Waals surface area (Å²) in [6.45, 7) is 23.2. The molecule has 2 N–H and O–H groups in total. The molecule has 8 rings (SSSR count). The van der Waals surface area contributed by atoms with Crippen LogP contribution in [0, 0.1) is 0 Å². The van der Waals surface area contributed by atoms with Crippen LogP contribution in [0.3, 0.4) is 0 Å². The highest BCUT2D eigenvalue weighted by Crippen LogP contribution is 2.52. The maximum Gasteiger partial charge on any atom is 0.471 e. The van der Waals surface area contributed by atoms with Crippen LogP contribution in [0.25, 0.3) is 11.1 Å². The van der Waals surface area contributed by atoms with Gasteiger partial charge in [-0.05, 0) is 118 Å². The molecule has 0 amide bonds. The second-order valence-electron chi connectivity index (χ2n) is 23.1. The van der Waals surface area contributed by atoms with Gasteiger partial charge in [0.2, 0.25) is 0 Å². The van der Waals surface area contributed by atoms with Crippen molar-refractivity contribution in [3.8, 4) is 0 Å². The lowest BCUT2D eigenvalue weighted by Crippen LogP contribution is -2.27. The first-order valence-corrected chi connectivity index (χ1v) is 31.7. The molecule has 0 saturated heterocycles. The number of fused-ring (bicyclic) bond motifs is 4. The molecule has 4 aromatic rings. The Bertz CT molecular complexity index is 3140. The molecular weight excluding hydrogens is 1040 g/mol. The van der Waals surface area contributed by atoms with E-state index < -0.39 is 15.4 Å². The number of benzene rings is 4. The quantitative estimate of drug-likeness (QED) is 0.0374. The summed E-state index contributed by atoms with van der Waals surface area (Å²) < 4.78 is 49.2. The Morgan fingerprint density at radius 2 is 0.900 bits per heavy atom. The lowest BCUT2D eigenvalue weighted by atomic mass is 9.80. The van der Waals surface area contributed by atoms with Crippen LogP contribution >= 0.6 is 15.4 Å². The molecule has 2 unspecified atom stereocenters. The maximum absolute atomic E-state index is 11.9. The fourth-order valence-corrected chi connectivity index (χ4v) is 13.3. The van der Waals surface area contributed by atoms with Crippen molar-refractivity contribution in [2.75, 3.05) is 76.8 Å². The van der Waals surface area contributed by atoms with E-state index in [1.54, 1.807) is 21.1 Å². The Morgan fingerprint density at radius 3 is 1.35 bits per heavy atom. The number of hydrogen-bond acceptors (Lipinski definition) is 9. The highest BCUT2D eigenvalue weighted by molar-refractivity contribution is 7.52. The van der Waals surface area contributed by atoms with Crippen LogP contribution in [0.15, 0.2) is 168 Å². The van der Waals surface area contributed by atoms with E-state index in [1.165, 1.54) is 79.9 Å². The summed E-state index contributed by atoms with van der Waals surface area (Å²) in [6, 6.07) is 34.5. The first kappa shape index (κ1) is 62.4. The van der Waals surface area contributed by atoms with Gasteiger partial charge < -0.3 is 33.6 Å². The average Bonchev–Trinajstić information content (AvgIpc) is 3.99. The number of anilines is 2. The zero-order chi connectivity index (χ0) is 57.9. The van der Waals surface area contributed by atoms with E-state index in [-0.39, 0.29) is 41.0 Å². The molecule has 13 heteroatoms. The number of hydrogen-bond donors (Lipinski definition) is 2. The normalized spacial score (nSPS) is 20.0. The molecule has 2 aliphatic heterocycles. The molecule has 0 fully saturated rings. The lowest BCUT2D eigenvalue weighted by Gasteiger charge is -2.27. The van der Waals surface area contributed by atoms with Crippen LogP contribution in [-0.2, 0) is 53.8 Å². The Kier molecular flexibility index (Phi) is 20.9. The smallest absolute Gasteiger partial charge is 0.385 e. The van der Waals surface area contributed by atoms with Crippen LogP contribution in [0.4, 0.5) is 11.4 Å². The van der Waals surface area contributed by atoms with E-state index in [2.05, 4.69) is 209 Å². The van der Waals surface area contributed by atoms with Crippen molar-refractivity contribution in [1.29, 1.82) is 0 Å². The maximum atomic E-state index is 11.9. The molecule has 2 atom stereocenters. The second kappa shape index (κ2) is 26.8. The van der Waals surface area contributed by atoms with Crippen molar-refractivity contribution in [1.82, 2.24) is 0 Å². The predicted octanol–water partition coefficient (Wildman–Crippen LogP) is 16.1. The molecule has 2 heterocycles. The summed E-state index contributed by atoms with van der Waals surface area (Å²) in [4.78, 5) is 24.0. The number of rotatable bonds is 25. The molecule has 0 aromatic heterocycles. The molecule has 430 valence electrons. The minimum atomic E-state index is -3.98. The van der Waals surface area contributed by atoms with Crippen molar-refractivity contribution in [2.45, 2.75) is 122 Å². The van der Waals surface area contributed by atoms with Gasteiger partial charge in [-0.1, -0.05) is 184 Å². The summed E-state index contributed by atoms with van der Waals surface area (Å²) >= 11 is 0. The van der Waals surface area contributed by atoms with Crippen LogP contribution in [0.5, 0.6) is 0 Å². The average molecular weight is 1130 g/mol. The summed E-state index contributed by atoms with van der Waals surface area (Å²) in [6.07, 6.45) is 22.9. The van der Waals surface area contributed by atoms with Crippen molar-refractivity contribution in [3.63, 3.8) is 0 Å². The van der Waals surface area contributed by atoms with Gasteiger partial charge in [0.25, 0.3) is 0 Å². The summed E-state index contributed by atoms with van der Waals surface area (Å²) in [5.74, 6) is 0. The fourth-order valence-electron chi connectivity index (χ4n) is 12.2. The molecule has 4 aromatic carbocycles. The summed E-state index contributed by atoms with van der Waals surface area (Å²) in [7, 11) is -2.77. The van der Waals surface area contributed by atoms with Gasteiger partial charge in [-0.3, -0.25) is 13.6 Å². The molecular formula is C67H88N2O9P2. The van der Waals surface area contributed by atoms with E-state index in [4.69, 9.17) is 18.5 Å². The van der Waals surface area contributed by atoms with Crippen molar-refractivity contribution < 1.29 is 42.0 Å². The first-order valence-electron chi connectivity index (χ1n) is 28.4. The molecule has 0 radical (unpaired) electrons. The molecule has 11 nitrogen and oxygen atoms in total. The van der Waals surface area contributed by atoms with Crippen LogP contribution in [0.1, 0.15) is 134 Å². The number of phosphoric ester groups is 1. The Morgan fingerprint density at radius 1 is 0.487 bits per heavy atom. The number of ether oxygens (including phenoxy) is 2. The van der Waals surface area contributed by atoms with Gasteiger partial charge in [-0.15, -0.1) is 0 Å². The van der Waals surface area contributed by atoms with Gasteiger partial charge in [0.15, 0.2) is 0 Å². The van der Waals surface area contributed by atoms with Crippen LogP contribution in [-0.4, -0.2) is 76.8 Å². The Labute approximate surface area is 478 Å². The number of para-hydroxylation sites is 2. The van der Waals surface area contributed by atoms with Gasteiger partial charge in [-0.2, -0.15) is 0 Å². The minimum Gasteiger partial charge on any atom is -0.385 e. The minimum absolute atomic E-state index is 0.0584. The third kappa shape index (κ3) is 13.8. The highest BCUT2D eigenvalue weighted by atomic mass is 31.2. The lowest BCUT2D eigenvalue weighted by molar-refractivity contribution is 0.172. The molecule has 0 saturated carbocycles. The third-order valence-electron chi connectivity index (χ3n) is 16.5. The van der Waals surface area contributed by atoms with Crippen molar-refractivity contribution in [3.05, 3.63) is 202 Å². The van der Waals surface area contributed by atoms with Gasteiger partial charge in [0, 0.05) is 98.2 Å². The summed E-state index contributed by atoms with van der Waals surface area (Å²) in [5, 5.41) is 0. The van der Waals surface area contributed by atoms with E-state index >= 15 is 0 Å².